The second-order valence-electron chi connectivity index (χ2n) is 7.62. The molecule has 0 aliphatic rings. The van der Waals surface area contributed by atoms with Crippen LogP contribution in [0.25, 0.3) is 10.8 Å². The molecule has 2 rings (SSSR count). The molecule has 0 saturated heterocycles. The summed E-state index contributed by atoms with van der Waals surface area (Å²) in [7, 11) is 1.65. The van der Waals surface area contributed by atoms with Crippen molar-refractivity contribution >= 4 is 16.6 Å². The van der Waals surface area contributed by atoms with Crippen LogP contribution in [0.3, 0.4) is 0 Å². The number of carbonyl (C=O) groups excluding carboxylic acids is 1. The number of ketones is 1. The first-order valence-electron chi connectivity index (χ1n) is 10.8. The number of hydrogen-bond acceptors (Lipinski definition) is 2. The molecule has 0 heterocycles. The molecule has 148 valence electrons. The summed E-state index contributed by atoms with van der Waals surface area (Å²) in [6, 6.07) is 14.1. The van der Waals surface area contributed by atoms with Gasteiger partial charge in [-0.05, 0) is 23.3 Å². The molecule has 0 amide bonds. The number of unbranched alkanes of at least 4 members (excludes halogenated alkanes) is 9. The van der Waals surface area contributed by atoms with Gasteiger partial charge in [-0.2, -0.15) is 0 Å². The highest BCUT2D eigenvalue weighted by atomic mass is 16.5. The zero-order valence-corrected chi connectivity index (χ0v) is 17.2. The van der Waals surface area contributed by atoms with Crippen molar-refractivity contribution in [2.45, 2.75) is 83.7 Å². The lowest BCUT2D eigenvalue weighted by Crippen LogP contribution is -2.23. The third kappa shape index (κ3) is 7.46. The van der Waals surface area contributed by atoms with E-state index in [9.17, 15) is 4.79 Å². The van der Waals surface area contributed by atoms with Crippen LogP contribution in [0.4, 0.5) is 0 Å². The molecule has 0 saturated carbocycles. The van der Waals surface area contributed by atoms with Crippen LogP contribution in [0, 0.1) is 0 Å². The number of ether oxygens (including phenoxy) is 1. The summed E-state index contributed by atoms with van der Waals surface area (Å²) in [6.07, 6.45) is 13.6. The van der Waals surface area contributed by atoms with E-state index in [-0.39, 0.29) is 11.9 Å². The maximum Gasteiger partial charge on any atom is 0.191 e. The number of rotatable bonds is 14. The second kappa shape index (κ2) is 12.7. The molecular weight excluding hydrogens is 332 g/mol. The summed E-state index contributed by atoms with van der Waals surface area (Å²) < 4.78 is 5.51. The average molecular weight is 369 g/mol. The third-order valence-electron chi connectivity index (χ3n) is 5.43. The van der Waals surface area contributed by atoms with Gasteiger partial charge in [-0.1, -0.05) is 108 Å². The van der Waals surface area contributed by atoms with Gasteiger partial charge in [0.2, 0.25) is 0 Å². The summed E-state index contributed by atoms with van der Waals surface area (Å²) in [5.41, 5.74) is 0.757. The molecule has 0 aliphatic heterocycles. The van der Waals surface area contributed by atoms with Crippen molar-refractivity contribution in [1.29, 1.82) is 0 Å². The molecule has 2 heteroatoms. The minimum atomic E-state index is -0.319. The highest BCUT2D eigenvalue weighted by molar-refractivity contribution is 6.02. The van der Waals surface area contributed by atoms with Crippen molar-refractivity contribution in [2.75, 3.05) is 7.11 Å². The van der Waals surface area contributed by atoms with Gasteiger partial charge >= 0.3 is 0 Å². The van der Waals surface area contributed by atoms with Crippen LogP contribution >= 0.6 is 0 Å². The quantitative estimate of drug-likeness (QED) is 0.257. The largest absolute Gasteiger partial charge is 0.373 e. The highest BCUT2D eigenvalue weighted by Gasteiger charge is 2.19. The van der Waals surface area contributed by atoms with Gasteiger partial charge in [0.05, 0.1) is 0 Å². The third-order valence-corrected chi connectivity index (χ3v) is 5.43. The molecule has 1 unspecified atom stereocenters. The fourth-order valence-electron chi connectivity index (χ4n) is 3.70. The Morgan fingerprint density at radius 3 is 2.04 bits per heavy atom. The van der Waals surface area contributed by atoms with Crippen LogP contribution in [0.15, 0.2) is 42.5 Å². The Morgan fingerprint density at radius 2 is 1.41 bits per heavy atom. The lowest BCUT2D eigenvalue weighted by Gasteiger charge is -2.14. The van der Waals surface area contributed by atoms with E-state index in [1.54, 1.807) is 7.11 Å². The molecule has 27 heavy (non-hydrogen) atoms. The smallest absolute Gasteiger partial charge is 0.191 e. The van der Waals surface area contributed by atoms with Crippen LogP contribution in [-0.2, 0) is 4.74 Å². The zero-order valence-electron chi connectivity index (χ0n) is 17.2. The van der Waals surface area contributed by atoms with E-state index in [1.165, 1.54) is 57.8 Å². The predicted molar refractivity (Wildman–Crippen MR) is 116 cm³/mol. The molecule has 2 aromatic carbocycles. The molecule has 0 spiro atoms. The lowest BCUT2D eigenvalue weighted by molar-refractivity contribution is 0.0573. The molecule has 0 radical (unpaired) electrons. The van der Waals surface area contributed by atoms with Crippen molar-refractivity contribution in [2.24, 2.45) is 0 Å². The van der Waals surface area contributed by atoms with Gasteiger partial charge in [0.1, 0.15) is 6.10 Å². The number of fused-ring (bicyclic) bond motifs is 1. The van der Waals surface area contributed by atoms with E-state index < -0.39 is 0 Å². The van der Waals surface area contributed by atoms with Crippen LogP contribution < -0.4 is 0 Å². The van der Waals surface area contributed by atoms with Crippen molar-refractivity contribution < 1.29 is 9.53 Å². The summed E-state index contributed by atoms with van der Waals surface area (Å²) in [6.45, 7) is 2.26. The maximum absolute atomic E-state index is 12.8. The standard InChI is InChI=1S/C25H36O2/c1-3-4-5-6-7-8-9-10-11-12-17-24(27-2)25(26)23-19-18-21-15-13-14-16-22(21)20-23/h13-16,18-20,24H,3-12,17H2,1-2H3. The summed E-state index contributed by atoms with van der Waals surface area (Å²) in [4.78, 5) is 12.8. The molecular formula is C25H36O2. The van der Waals surface area contributed by atoms with E-state index in [0.29, 0.717) is 0 Å². The minimum absolute atomic E-state index is 0.110. The van der Waals surface area contributed by atoms with Crippen molar-refractivity contribution in [3.8, 4) is 0 Å². The Morgan fingerprint density at radius 1 is 0.815 bits per heavy atom. The zero-order chi connectivity index (χ0) is 19.3. The second-order valence-corrected chi connectivity index (χ2v) is 7.62. The first kappa shape index (κ1) is 21.6. The Kier molecular flexibility index (Phi) is 10.1. The fraction of sp³-hybridized carbons (Fsp3) is 0.560. The number of hydrogen-bond donors (Lipinski definition) is 0. The van der Waals surface area contributed by atoms with Crippen molar-refractivity contribution in [3.63, 3.8) is 0 Å². The normalized spacial score (nSPS) is 12.4. The Hall–Kier alpha value is -1.67. The topological polar surface area (TPSA) is 26.3 Å². The van der Waals surface area contributed by atoms with Gasteiger partial charge in [-0.25, -0.2) is 0 Å². The molecule has 0 aromatic heterocycles. The fourth-order valence-corrected chi connectivity index (χ4v) is 3.70. The van der Waals surface area contributed by atoms with E-state index in [1.807, 2.05) is 30.3 Å². The molecule has 0 bridgehead atoms. The SMILES string of the molecule is CCCCCCCCCCCCC(OC)C(=O)c1ccc2ccccc2c1. The van der Waals surface area contributed by atoms with Crippen LogP contribution in [0.5, 0.6) is 0 Å². The monoisotopic (exact) mass is 368 g/mol. The molecule has 0 fully saturated rings. The Balaban J connectivity index is 1.69. The highest BCUT2D eigenvalue weighted by Crippen LogP contribution is 2.19. The van der Waals surface area contributed by atoms with Gasteiger partial charge in [-0.15, -0.1) is 0 Å². The predicted octanol–water partition coefficient (Wildman–Crippen LogP) is 7.35. The summed E-state index contributed by atoms with van der Waals surface area (Å²) in [5.74, 6) is 0.110. The maximum atomic E-state index is 12.8. The van der Waals surface area contributed by atoms with Crippen LogP contribution in [0.1, 0.15) is 87.9 Å². The Bertz CT molecular complexity index is 677. The van der Waals surface area contributed by atoms with Crippen LogP contribution in [0.2, 0.25) is 0 Å². The first-order valence-corrected chi connectivity index (χ1v) is 10.8. The van der Waals surface area contributed by atoms with Crippen molar-refractivity contribution in [1.82, 2.24) is 0 Å². The Labute approximate surface area is 165 Å². The molecule has 0 aliphatic carbocycles. The summed E-state index contributed by atoms with van der Waals surface area (Å²) >= 11 is 0. The average Bonchev–Trinajstić information content (AvgIpc) is 2.71. The number of carbonyl (C=O) groups is 1. The number of Topliss-reactive ketones (excluding diaryl/α,β-unsaturated/α-hetero) is 1. The first-order chi connectivity index (χ1) is 13.3. The lowest BCUT2D eigenvalue weighted by atomic mass is 9.98. The van der Waals surface area contributed by atoms with E-state index in [0.717, 1.165) is 29.2 Å². The number of benzene rings is 2. The van der Waals surface area contributed by atoms with Crippen LogP contribution in [-0.4, -0.2) is 19.0 Å². The molecule has 0 N–H and O–H groups in total. The van der Waals surface area contributed by atoms with Crippen molar-refractivity contribution in [3.05, 3.63) is 48.0 Å². The van der Waals surface area contributed by atoms with Gasteiger partial charge in [0.15, 0.2) is 5.78 Å². The summed E-state index contributed by atoms with van der Waals surface area (Å²) in [5, 5.41) is 2.27. The number of methoxy groups -OCH3 is 1. The van der Waals surface area contributed by atoms with E-state index >= 15 is 0 Å². The van der Waals surface area contributed by atoms with Gasteiger partial charge in [-0.3, -0.25) is 4.79 Å². The van der Waals surface area contributed by atoms with E-state index in [2.05, 4.69) is 19.1 Å². The van der Waals surface area contributed by atoms with Gasteiger partial charge in [0.25, 0.3) is 0 Å². The van der Waals surface area contributed by atoms with Gasteiger partial charge < -0.3 is 4.74 Å². The molecule has 1 atom stereocenters. The van der Waals surface area contributed by atoms with E-state index in [4.69, 9.17) is 4.74 Å². The minimum Gasteiger partial charge on any atom is -0.373 e. The molecule has 2 aromatic rings. The van der Waals surface area contributed by atoms with Gasteiger partial charge in [0, 0.05) is 12.7 Å². The molecule has 2 nitrogen and oxygen atoms in total.